The highest BCUT2D eigenvalue weighted by Gasteiger charge is 2.30. The molecule has 1 fully saturated rings. The third-order valence-electron chi connectivity index (χ3n) is 5.00. The van der Waals surface area contributed by atoms with Crippen molar-refractivity contribution in [1.82, 2.24) is 14.8 Å². The summed E-state index contributed by atoms with van der Waals surface area (Å²) in [6, 6.07) is 14.3. The molecule has 5 nitrogen and oxygen atoms in total. The Labute approximate surface area is 163 Å². The Morgan fingerprint density at radius 3 is 2.67 bits per heavy atom. The fourth-order valence-corrected chi connectivity index (χ4v) is 4.36. The lowest BCUT2D eigenvalue weighted by Crippen LogP contribution is -2.32. The topological polar surface area (TPSA) is 51.0 Å². The Balaban J connectivity index is 1.53. The Morgan fingerprint density at radius 2 is 1.93 bits per heavy atom. The number of amides is 1. The standard InChI is InChI=1S/C21H24N4OS/c1-3-24(18-11-7-9-15-8-5-6-10-17(15)18)19(26)14-27-21-23-22-20(16-12-13-16)25(21)4-2/h5-11,16H,3-4,12-14H2,1-2H3. The van der Waals surface area contributed by atoms with Gasteiger partial charge in [0.15, 0.2) is 5.16 Å². The summed E-state index contributed by atoms with van der Waals surface area (Å²) < 4.78 is 2.16. The number of fused-ring (bicyclic) bond motifs is 1. The van der Waals surface area contributed by atoms with Crippen molar-refractivity contribution in [1.29, 1.82) is 0 Å². The van der Waals surface area contributed by atoms with Crippen molar-refractivity contribution >= 4 is 34.1 Å². The number of rotatable bonds is 7. The Hall–Kier alpha value is -2.34. The summed E-state index contributed by atoms with van der Waals surface area (Å²) in [6.07, 6.45) is 2.40. The van der Waals surface area contributed by atoms with Crippen molar-refractivity contribution in [2.45, 2.75) is 44.3 Å². The highest BCUT2D eigenvalue weighted by atomic mass is 32.2. The number of hydrogen-bond donors (Lipinski definition) is 0. The van der Waals surface area contributed by atoms with Gasteiger partial charge in [0.1, 0.15) is 5.82 Å². The van der Waals surface area contributed by atoms with Gasteiger partial charge in [-0.25, -0.2) is 0 Å². The second-order valence-electron chi connectivity index (χ2n) is 6.78. The molecule has 0 radical (unpaired) electrons. The Bertz CT molecular complexity index is 958. The fraction of sp³-hybridized carbons (Fsp3) is 0.381. The molecule has 0 unspecified atom stereocenters. The summed E-state index contributed by atoms with van der Waals surface area (Å²) in [7, 11) is 0. The SMILES string of the molecule is CCN(C(=O)CSc1nnc(C2CC2)n1CC)c1cccc2ccccc12. The number of carbonyl (C=O) groups excluding carboxylic acids is 1. The summed E-state index contributed by atoms with van der Waals surface area (Å²) in [5, 5.41) is 11.8. The molecule has 4 rings (SSSR count). The predicted molar refractivity (Wildman–Crippen MR) is 110 cm³/mol. The number of thioether (sulfide) groups is 1. The van der Waals surface area contributed by atoms with Crippen LogP contribution in [-0.2, 0) is 11.3 Å². The van der Waals surface area contributed by atoms with Gasteiger partial charge in [0.2, 0.25) is 5.91 Å². The van der Waals surface area contributed by atoms with Crippen molar-refractivity contribution in [3.05, 3.63) is 48.3 Å². The first-order valence-corrected chi connectivity index (χ1v) is 10.6. The predicted octanol–water partition coefficient (Wildman–Crippen LogP) is 4.47. The average Bonchev–Trinajstić information content (AvgIpc) is 3.46. The van der Waals surface area contributed by atoms with Crippen LogP contribution in [0.3, 0.4) is 0 Å². The van der Waals surface area contributed by atoms with Gasteiger partial charge in [-0.15, -0.1) is 10.2 Å². The van der Waals surface area contributed by atoms with Gasteiger partial charge in [0.05, 0.1) is 11.4 Å². The molecule has 0 N–H and O–H groups in total. The third kappa shape index (κ3) is 3.58. The molecule has 0 bridgehead atoms. The van der Waals surface area contributed by atoms with E-state index in [1.165, 1.54) is 24.6 Å². The second kappa shape index (κ2) is 7.72. The molecule has 0 spiro atoms. The lowest BCUT2D eigenvalue weighted by Gasteiger charge is -2.22. The van der Waals surface area contributed by atoms with E-state index in [9.17, 15) is 4.79 Å². The number of benzene rings is 2. The van der Waals surface area contributed by atoms with Gasteiger partial charge in [0, 0.05) is 24.4 Å². The maximum atomic E-state index is 13.0. The fourth-order valence-electron chi connectivity index (χ4n) is 3.48. The molecule has 1 aliphatic rings. The largest absolute Gasteiger partial charge is 0.311 e. The Kier molecular flexibility index (Phi) is 5.16. The zero-order valence-electron chi connectivity index (χ0n) is 15.8. The third-order valence-corrected chi connectivity index (χ3v) is 5.96. The second-order valence-corrected chi connectivity index (χ2v) is 7.73. The lowest BCUT2D eigenvalue weighted by molar-refractivity contribution is -0.116. The lowest BCUT2D eigenvalue weighted by atomic mass is 10.1. The van der Waals surface area contributed by atoms with Gasteiger partial charge in [0.25, 0.3) is 0 Å². The molecule has 1 aromatic heterocycles. The normalized spacial score (nSPS) is 13.9. The van der Waals surface area contributed by atoms with Gasteiger partial charge >= 0.3 is 0 Å². The molecule has 6 heteroatoms. The first-order valence-electron chi connectivity index (χ1n) is 9.57. The van der Waals surface area contributed by atoms with E-state index in [4.69, 9.17) is 0 Å². The van der Waals surface area contributed by atoms with Crippen molar-refractivity contribution in [3.63, 3.8) is 0 Å². The quantitative estimate of drug-likeness (QED) is 0.567. The summed E-state index contributed by atoms with van der Waals surface area (Å²) >= 11 is 1.49. The highest BCUT2D eigenvalue weighted by molar-refractivity contribution is 7.99. The van der Waals surface area contributed by atoms with E-state index < -0.39 is 0 Å². The summed E-state index contributed by atoms with van der Waals surface area (Å²) in [5.41, 5.74) is 0.969. The van der Waals surface area contributed by atoms with E-state index in [-0.39, 0.29) is 5.91 Å². The van der Waals surface area contributed by atoms with E-state index >= 15 is 0 Å². The molecule has 1 amide bonds. The molecule has 2 aromatic carbocycles. The minimum atomic E-state index is 0.0949. The smallest absolute Gasteiger partial charge is 0.237 e. The molecule has 0 atom stereocenters. The number of nitrogens with zero attached hydrogens (tertiary/aromatic N) is 4. The van der Waals surface area contributed by atoms with Crippen LogP contribution in [0.1, 0.15) is 38.4 Å². The van der Waals surface area contributed by atoms with Crippen LogP contribution in [0.2, 0.25) is 0 Å². The molecular weight excluding hydrogens is 356 g/mol. The number of anilines is 1. The van der Waals surface area contributed by atoms with Crippen molar-refractivity contribution < 1.29 is 4.79 Å². The number of aromatic nitrogens is 3. The van der Waals surface area contributed by atoms with Crippen LogP contribution in [0.25, 0.3) is 10.8 Å². The van der Waals surface area contributed by atoms with Crippen molar-refractivity contribution in [2.24, 2.45) is 0 Å². The minimum absolute atomic E-state index is 0.0949. The summed E-state index contributed by atoms with van der Waals surface area (Å²) in [6.45, 7) is 5.61. The van der Waals surface area contributed by atoms with Gasteiger partial charge in [-0.2, -0.15) is 0 Å². The van der Waals surface area contributed by atoms with Crippen LogP contribution in [0.5, 0.6) is 0 Å². The van der Waals surface area contributed by atoms with Gasteiger partial charge < -0.3 is 9.47 Å². The molecule has 1 saturated carbocycles. The molecule has 0 saturated heterocycles. The van der Waals surface area contributed by atoms with Gasteiger partial charge in [-0.3, -0.25) is 4.79 Å². The van der Waals surface area contributed by atoms with Crippen LogP contribution in [-0.4, -0.2) is 33.0 Å². The zero-order valence-corrected chi connectivity index (χ0v) is 16.6. The maximum Gasteiger partial charge on any atom is 0.237 e. The Morgan fingerprint density at radius 1 is 1.15 bits per heavy atom. The zero-order chi connectivity index (χ0) is 18.8. The van der Waals surface area contributed by atoms with Crippen LogP contribution in [0.15, 0.2) is 47.6 Å². The number of carbonyl (C=O) groups is 1. The van der Waals surface area contributed by atoms with Crippen LogP contribution in [0.4, 0.5) is 5.69 Å². The van der Waals surface area contributed by atoms with E-state index in [2.05, 4.69) is 39.9 Å². The van der Waals surface area contributed by atoms with E-state index in [1.54, 1.807) is 0 Å². The minimum Gasteiger partial charge on any atom is -0.311 e. The molecular formula is C21H24N4OS. The van der Waals surface area contributed by atoms with E-state index in [1.807, 2.05) is 36.1 Å². The van der Waals surface area contributed by atoms with Crippen molar-refractivity contribution in [2.75, 3.05) is 17.2 Å². The van der Waals surface area contributed by atoms with Crippen LogP contribution in [0, 0.1) is 0 Å². The molecule has 0 aliphatic heterocycles. The van der Waals surface area contributed by atoms with Gasteiger partial charge in [-0.1, -0.05) is 48.2 Å². The maximum absolute atomic E-state index is 13.0. The number of hydrogen-bond acceptors (Lipinski definition) is 4. The molecule has 140 valence electrons. The summed E-state index contributed by atoms with van der Waals surface area (Å²) in [5.74, 6) is 2.09. The first-order chi connectivity index (χ1) is 13.2. The van der Waals surface area contributed by atoms with E-state index in [0.29, 0.717) is 18.2 Å². The molecule has 3 aromatic rings. The van der Waals surface area contributed by atoms with Crippen LogP contribution < -0.4 is 4.90 Å². The summed E-state index contributed by atoms with van der Waals surface area (Å²) in [4.78, 5) is 14.9. The first kappa shape index (κ1) is 18.0. The van der Waals surface area contributed by atoms with Crippen molar-refractivity contribution in [3.8, 4) is 0 Å². The molecule has 27 heavy (non-hydrogen) atoms. The van der Waals surface area contributed by atoms with Crippen LogP contribution >= 0.6 is 11.8 Å². The average molecular weight is 381 g/mol. The van der Waals surface area contributed by atoms with E-state index in [0.717, 1.165) is 34.0 Å². The van der Waals surface area contributed by atoms with Gasteiger partial charge in [-0.05, 0) is 38.1 Å². The molecule has 1 heterocycles. The highest BCUT2D eigenvalue weighted by Crippen LogP contribution is 2.40. The molecule has 1 aliphatic carbocycles. The monoisotopic (exact) mass is 380 g/mol.